The Labute approximate surface area is 145 Å². The second-order valence-corrected chi connectivity index (χ2v) is 7.42. The standard InChI is InChI=1S/C17H19N3O4S/c1-3-14-7-4-5-8-15(14)13(2)19-25(23,24)12-6-10-20-11-9-16(21)18-17(20)22/h1,4-5,7-9,11,13,19H,6,10,12H2,2H3,(H,18,21,22)/t13-/m1/s1. The molecule has 1 atom stereocenters. The average Bonchev–Trinajstić information content (AvgIpc) is 2.56. The average molecular weight is 361 g/mol. The quantitative estimate of drug-likeness (QED) is 0.705. The molecule has 2 rings (SSSR count). The third-order valence-corrected chi connectivity index (χ3v) is 5.19. The summed E-state index contributed by atoms with van der Waals surface area (Å²) in [6, 6.07) is 7.87. The number of nitrogens with zero attached hydrogens (tertiary/aromatic N) is 1. The molecular weight excluding hydrogens is 342 g/mol. The first-order valence-electron chi connectivity index (χ1n) is 7.68. The molecule has 2 aromatic rings. The van der Waals surface area contributed by atoms with E-state index in [0.717, 1.165) is 5.56 Å². The molecule has 0 amide bonds. The van der Waals surface area contributed by atoms with Gasteiger partial charge in [-0.05, 0) is 25.0 Å². The Balaban J connectivity index is 1.99. The van der Waals surface area contributed by atoms with Crippen LogP contribution in [0.3, 0.4) is 0 Å². The Morgan fingerprint density at radius 1 is 1.28 bits per heavy atom. The lowest BCUT2D eigenvalue weighted by atomic mass is 10.0. The first kappa shape index (κ1) is 18.7. The highest BCUT2D eigenvalue weighted by Crippen LogP contribution is 2.17. The van der Waals surface area contributed by atoms with E-state index >= 15 is 0 Å². The molecule has 25 heavy (non-hydrogen) atoms. The number of aryl methyl sites for hydroxylation is 1. The second kappa shape index (κ2) is 7.96. The SMILES string of the molecule is C#Cc1ccccc1[C@@H](C)NS(=O)(=O)CCCn1ccc(=O)[nH]c1=O. The van der Waals surface area contributed by atoms with E-state index in [0.29, 0.717) is 5.56 Å². The fourth-order valence-electron chi connectivity index (χ4n) is 2.44. The van der Waals surface area contributed by atoms with Crippen LogP contribution >= 0.6 is 0 Å². The highest BCUT2D eigenvalue weighted by molar-refractivity contribution is 7.89. The van der Waals surface area contributed by atoms with E-state index in [4.69, 9.17) is 6.42 Å². The van der Waals surface area contributed by atoms with Crippen LogP contribution in [0.25, 0.3) is 0 Å². The van der Waals surface area contributed by atoms with Gasteiger partial charge in [0.2, 0.25) is 10.0 Å². The van der Waals surface area contributed by atoms with Crippen LogP contribution in [0.2, 0.25) is 0 Å². The maximum Gasteiger partial charge on any atom is 0.328 e. The lowest BCUT2D eigenvalue weighted by molar-refractivity contribution is 0.556. The first-order chi connectivity index (χ1) is 11.8. The third-order valence-electron chi connectivity index (χ3n) is 3.65. The van der Waals surface area contributed by atoms with Crippen LogP contribution in [0.5, 0.6) is 0 Å². The first-order valence-corrected chi connectivity index (χ1v) is 9.33. The minimum atomic E-state index is -3.55. The van der Waals surface area contributed by atoms with Crippen LogP contribution in [0, 0.1) is 12.3 Å². The third kappa shape index (κ3) is 5.17. The van der Waals surface area contributed by atoms with Gasteiger partial charge in [0.1, 0.15) is 0 Å². The van der Waals surface area contributed by atoms with Crippen molar-refractivity contribution in [3.63, 3.8) is 0 Å². The summed E-state index contributed by atoms with van der Waals surface area (Å²) in [7, 11) is -3.55. The maximum atomic E-state index is 12.2. The van der Waals surface area contributed by atoms with Gasteiger partial charge in [0, 0.05) is 30.4 Å². The van der Waals surface area contributed by atoms with E-state index in [1.807, 2.05) is 0 Å². The molecule has 0 saturated heterocycles. The molecule has 2 N–H and O–H groups in total. The lowest BCUT2D eigenvalue weighted by Gasteiger charge is -2.16. The van der Waals surface area contributed by atoms with E-state index in [-0.39, 0.29) is 18.7 Å². The summed E-state index contributed by atoms with van der Waals surface area (Å²) < 4.78 is 28.3. The zero-order valence-corrected chi connectivity index (χ0v) is 14.5. The topological polar surface area (TPSA) is 101 Å². The molecule has 1 aromatic carbocycles. The number of aromatic amines is 1. The van der Waals surface area contributed by atoms with Crippen LogP contribution in [0.1, 0.15) is 30.5 Å². The molecule has 0 bridgehead atoms. The van der Waals surface area contributed by atoms with Crippen molar-refractivity contribution < 1.29 is 8.42 Å². The van der Waals surface area contributed by atoms with E-state index in [1.165, 1.54) is 16.8 Å². The molecule has 1 aromatic heterocycles. The van der Waals surface area contributed by atoms with Crippen molar-refractivity contribution in [2.45, 2.75) is 25.9 Å². The van der Waals surface area contributed by atoms with E-state index in [9.17, 15) is 18.0 Å². The number of H-pyrrole nitrogens is 1. The highest BCUT2D eigenvalue weighted by Gasteiger charge is 2.17. The van der Waals surface area contributed by atoms with E-state index in [1.54, 1.807) is 31.2 Å². The summed E-state index contributed by atoms with van der Waals surface area (Å²) in [5.74, 6) is 2.38. The van der Waals surface area contributed by atoms with Crippen molar-refractivity contribution in [3.05, 3.63) is 68.5 Å². The molecule has 8 heteroatoms. The van der Waals surface area contributed by atoms with Gasteiger partial charge in [-0.15, -0.1) is 6.42 Å². The molecule has 7 nitrogen and oxygen atoms in total. The number of sulfonamides is 1. The Morgan fingerprint density at radius 3 is 2.68 bits per heavy atom. The predicted molar refractivity (Wildman–Crippen MR) is 95.7 cm³/mol. The largest absolute Gasteiger partial charge is 0.328 e. The fraction of sp³-hybridized carbons (Fsp3) is 0.294. The number of rotatable bonds is 7. The Kier molecular flexibility index (Phi) is 5.96. The van der Waals surface area contributed by atoms with Crippen LogP contribution in [0.15, 0.2) is 46.1 Å². The molecule has 132 valence electrons. The number of aromatic nitrogens is 2. The maximum absolute atomic E-state index is 12.2. The normalized spacial score (nSPS) is 12.5. The minimum Gasteiger partial charge on any atom is -0.301 e. The monoisotopic (exact) mass is 361 g/mol. The van der Waals surface area contributed by atoms with Crippen molar-refractivity contribution in [2.24, 2.45) is 0 Å². The minimum absolute atomic E-state index is 0.152. The van der Waals surface area contributed by atoms with Gasteiger partial charge in [-0.3, -0.25) is 9.78 Å². The molecule has 0 aliphatic rings. The van der Waals surface area contributed by atoms with Crippen LogP contribution in [0.4, 0.5) is 0 Å². The Morgan fingerprint density at radius 2 is 2.00 bits per heavy atom. The van der Waals surface area contributed by atoms with Gasteiger partial charge in [0.15, 0.2) is 0 Å². The number of benzene rings is 1. The summed E-state index contributed by atoms with van der Waals surface area (Å²) in [5, 5.41) is 0. The van der Waals surface area contributed by atoms with Gasteiger partial charge < -0.3 is 4.57 Å². The summed E-state index contributed by atoms with van der Waals surface area (Å²) in [6.45, 7) is 1.91. The van der Waals surface area contributed by atoms with Gasteiger partial charge >= 0.3 is 5.69 Å². The van der Waals surface area contributed by atoms with Gasteiger partial charge in [-0.25, -0.2) is 17.9 Å². The fourth-order valence-corrected chi connectivity index (χ4v) is 3.74. The second-order valence-electron chi connectivity index (χ2n) is 5.55. The van der Waals surface area contributed by atoms with Crippen molar-refractivity contribution in [1.29, 1.82) is 0 Å². The van der Waals surface area contributed by atoms with Crippen molar-refractivity contribution in [1.82, 2.24) is 14.3 Å². The molecule has 0 spiro atoms. The van der Waals surface area contributed by atoms with Gasteiger partial charge in [0.05, 0.1) is 5.75 Å². The van der Waals surface area contributed by atoms with Gasteiger partial charge in [-0.2, -0.15) is 0 Å². The van der Waals surface area contributed by atoms with E-state index in [2.05, 4.69) is 15.6 Å². The zero-order valence-electron chi connectivity index (χ0n) is 13.7. The van der Waals surface area contributed by atoms with Crippen LogP contribution < -0.4 is 16.0 Å². The van der Waals surface area contributed by atoms with Gasteiger partial charge in [0.25, 0.3) is 5.56 Å². The van der Waals surface area contributed by atoms with Crippen molar-refractivity contribution >= 4 is 10.0 Å². The summed E-state index contributed by atoms with van der Waals surface area (Å²) >= 11 is 0. The van der Waals surface area contributed by atoms with E-state index < -0.39 is 27.3 Å². The van der Waals surface area contributed by atoms with Crippen LogP contribution in [-0.4, -0.2) is 23.7 Å². The number of hydrogen-bond donors (Lipinski definition) is 2. The summed E-state index contributed by atoms with van der Waals surface area (Å²) in [6.07, 6.45) is 7.00. The summed E-state index contributed by atoms with van der Waals surface area (Å²) in [5.41, 5.74) is 0.314. The molecule has 0 unspecified atom stereocenters. The number of nitrogens with one attached hydrogen (secondary N) is 2. The number of hydrogen-bond acceptors (Lipinski definition) is 4. The highest BCUT2D eigenvalue weighted by atomic mass is 32.2. The molecule has 1 heterocycles. The summed E-state index contributed by atoms with van der Waals surface area (Å²) in [4.78, 5) is 24.7. The smallest absolute Gasteiger partial charge is 0.301 e. The van der Waals surface area contributed by atoms with Crippen molar-refractivity contribution in [3.8, 4) is 12.3 Å². The van der Waals surface area contributed by atoms with Crippen molar-refractivity contribution in [2.75, 3.05) is 5.75 Å². The number of terminal acetylenes is 1. The van der Waals surface area contributed by atoms with Crippen LogP contribution in [-0.2, 0) is 16.6 Å². The van der Waals surface area contributed by atoms with Gasteiger partial charge in [-0.1, -0.05) is 24.1 Å². The molecule has 0 saturated carbocycles. The molecule has 0 radical (unpaired) electrons. The molecule has 0 aliphatic carbocycles. The Hall–Kier alpha value is -2.63. The predicted octanol–water partition coefficient (Wildman–Crippen LogP) is 0.589. The zero-order chi connectivity index (χ0) is 18.4. The molecule has 0 aliphatic heterocycles. The molecule has 0 fully saturated rings. The molecular formula is C17H19N3O4S. The Bertz CT molecular complexity index is 999. The lowest BCUT2D eigenvalue weighted by Crippen LogP contribution is -2.32.